The number of anilines is 2. The molecule has 0 aliphatic carbocycles. The number of morpholine rings is 1. The molecule has 2 amide bonds. The third kappa shape index (κ3) is 7.31. The second-order valence-corrected chi connectivity index (χ2v) is 12.8. The Morgan fingerprint density at radius 3 is 2.30 bits per heavy atom. The van der Waals surface area contributed by atoms with Crippen LogP contribution in [0.3, 0.4) is 0 Å². The van der Waals surface area contributed by atoms with Gasteiger partial charge in [0.2, 0.25) is 0 Å². The minimum absolute atomic E-state index is 0. The Bertz CT molecular complexity index is 1840. The molecule has 0 bridgehead atoms. The first kappa shape index (κ1) is 32.6. The molecule has 0 unspecified atom stereocenters. The molecule has 9 heteroatoms. The highest BCUT2D eigenvalue weighted by molar-refractivity contribution is 7.12. The van der Waals surface area contributed by atoms with E-state index < -0.39 is 0 Å². The molecular formula is C38H37ClN4O3S. The summed E-state index contributed by atoms with van der Waals surface area (Å²) in [5, 5.41) is 4.17. The number of carbonyl (C=O) groups excluding carboxylic acids is 2. The largest absolute Gasteiger partial charge is 0.379 e. The lowest BCUT2D eigenvalue weighted by Gasteiger charge is -2.26. The number of aryl methyl sites for hydroxylation is 1. The van der Waals surface area contributed by atoms with Crippen molar-refractivity contribution in [2.24, 2.45) is 0 Å². The number of nitrogens with one attached hydrogen (secondary N) is 1. The zero-order chi connectivity index (χ0) is 31.3. The SMILES string of the molecule is Cl.O=C(Nc1ccc(C(=O)N2CCc3sc(CCCN4CCOCC4)nc3-c3ccccc32)cc1)c1ccccc1-c1ccccc1. The molecule has 1 aromatic heterocycles. The standard InChI is InChI=1S/C38H36N4O3S.ClH/c43-37(31-12-5-4-11-30(31)27-9-2-1-3-10-27)39-29-18-16-28(17-19-29)38(44)42-22-20-34-36(32-13-6-7-14-33(32)42)40-35(46-34)15-8-21-41-23-25-45-26-24-41;/h1-7,9-14,16-19H,8,15,20-26H2,(H,39,43);1H. The van der Waals surface area contributed by atoms with E-state index in [9.17, 15) is 9.59 Å². The van der Waals surface area contributed by atoms with Gasteiger partial charge in [-0.2, -0.15) is 0 Å². The maximum absolute atomic E-state index is 13.9. The molecule has 1 fully saturated rings. The molecule has 1 saturated heterocycles. The number of halogens is 1. The van der Waals surface area contributed by atoms with Crippen molar-refractivity contribution in [2.45, 2.75) is 19.3 Å². The van der Waals surface area contributed by atoms with Gasteiger partial charge in [-0.3, -0.25) is 14.5 Å². The Balaban J connectivity index is 0.00000386. The number of fused-ring (bicyclic) bond motifs is 3. The number of para-hydroxylation sites is 1. The van der Waals surface area contributed by atoms with E-state index in [-0.39, 0.29) is 24.2 Å². The van der Waals surface area contributed by atoms with E-state index in [0.717, 1.165) is 85.2 Å². The molecule has 4 aromatic carbocycles. The molecule has 240 valence electrons. The van der Waals surface area contributed by atoms with Gasteiger partial charge >= 0.3 is 0 Å². The number of aromatic nitrogens is 1. The van der Waals surface area contributed by atoms with Crippen LogP contribution in [0.4, 0.5) is 11.4 Å². The number of rotatable bonds is 8. The monoisotopic (exact) mass is 664 g/mol. The van der Waals surface area contributed by atoms with Crippen molar-refractivity contribution in [2.75, 3.05) is 49.6 Å². The van der Waals surface area contributed by atoms with Crippen LogP contribution in [0.15, 0.2) is 103 Å². The summed E-state index contributed by atoms with van der Waals surface area (Å²) in [6, 6.07) is 32.7. The third-order valence-electron chi connectivity index (χ3n) is 8.61. The lowest BCUT2D eigenvalue weighted by Crippen LogP contribution is -2.36. The van der Waals surface area contributed by atoms with Crippen LogP contribution in [0.5, 0.6) is 0 Å². The summed E-state index contributed by atoms with van der Waals surface area (Å²) in [7, 11) is 0. The first-order valence-corrected chi connectivity index (χ1v) is 16.7. The zero-order valence-electron chi connectivity index (χ0n) is 26.1. The van der Waals surface area contributed by atoms with E-state index in [1.807, 2.05) is 77.7 Å². The van der Waals surface area contributed by atoms with E-state index in [1.54, 1.807) is 35.6 Å². The second kappa shape index (κ2) is 15.0. The van der Waals surface area contributed by atoms with Crippen molar-refractivity contribution in [1.82, 2.24) is 9.88 Å². The average molecular weight is 665 g/mol. The van der Waals surface area contributed by atoms with Gasteiger partial charge in [0.25, 0.3) is 11.8 Å². The first-order chi connectivity index (χ1) is 22.6. The van der Waals surface area contributed by atoms with Crippen LogP contribution in [0.25, 0.3) is 22.4 Å². The summed E-state index contributed by atoms with van der Waals surface area (Å²) in [5.41, 5.74) is 6.54. The number of hydrogen-bond donors (Lipinski definition) is 1. The van der Waals surface area contributed by atoms with Gasteiger partial charge in [0.15, 0.2) is 0 Å². The fourth-order valence-corrected chi connectivity index (χ4v) is 7.33. The molecule has 0 saturated carbocycles. The van der Waals surface area contributed by atoms with Gasteiger partial charge in [-0.15, -0.1) is 23.7 Å². The fraction of sp³-hybridized carbons (Fsp3) is 0.237. The molecule has 7 rings (SSSR count). The Kier molecular flexibility index (Phi) is 10.4. The summed E-state index contributed by atoms with van der Waals surface area (Å²) in [6.07, 6.45) is 2.79. The van der Waals surface area contributed by atoms with Crippen LogP contribution in [0.2, 0.25) is 0 Å². The topological polar surface area (TPSA) is 74.8 Å². The van der Waals surface area contributed by atoms with Crippen LogP contribution >= 0.6 is 23.7 Å². The molecule has 7 nitrogen and oxygen atoms in total. The first-order valence-electron chi connectivity index (χ1n) is 15.9. The lowest BCUT2D eigenvalue weighted by atomic mass is 9.99. The van der Waals surface area contributed by atoms with E-state index in [4.69, 9.17) is 9.72 Å². The summed E-state index contributed by atoms with van der Waals surface area (Å²) in [6.45, 7) is 5.30. The molecule has 47 heavy (non-hydrogen) atoms. The highest BCUT2D eigenvalue weighted by Crippen LogP contribution is 2.39. The van der Waals surface area contributed by atoms with Crippen LogP contribution in [-0.4, -0.2) is 61.1 Å². The number of ether oxygens (including phenoxy) is 1. The number of carbonyl (C=O) groups is 2. The maximum Gasteiger partial charge on any atom is 0.258 e. The number of thiazole rings is 1. The molecule has 2 aliphatic heterocycles. The van der Waals surface area contributed by atoms with Crippen LogP contribution < -0.4 is 10.2 Å². The predicted octanol–water partition coefficient (Wildman–Crippen LogP) is 7.62. The highest BCUT2D eigenvalue weighted by atomic mass is 35.5. The minimum Gasteiger partial charge on any atom is -0.379 e. The van der Waals surface area contributed by atoms with Gasteiger partial charge in [-0.05, 0) is 60.5 Å². The van der Waals surface area contributed by atoms with Gasteiger partial charge in [-0.25, -0.2) is 4.98 Å². The van der Waals surface area contributed by atoms with E-state index in [0.29, 0.717) is 23.4 Å². The number of nitrogens with zero attached hydrogens (tertiary/aromatic N) is 3. The summed E-state index contributed by atoms with van der Waals surface area (Å²) in [4.78, 5) is 37.9. The molecule has 5 aromatic rings. The van der Waals surface area contributed by atoms with Gasteiger partial charge in [-0.1, -0.05) is 66.7 Å². The van der Waals surface area contributed by atoms with E-state index in [2.05, 4.69) is 16.3 Å². The van der Waals surface area contributed by atoms with Crippen LogP contribution in [0, 0.1) is 0 Å². The van der Waals surface area contributed by atoms with Gasteiger partial charge in [0.1, 0.15) is 0 Å². The molecular weight excluding hydrogens is 628 g/mol. The van der Waals surface area contributed by atoms with Crippen LogP contribution in [-0.2, 0) is 17.6 Å². The number of amides is 2. The summed E-state index contributed by atoms with van der Waals surface area (Å²) < 4.78 is 5.47. The molecule has 0 radical (unpaired) electrons. The maximum atomic E-state index is 13.9. The molecule has 0 atom stereocenters. The Morgan fingerprint density at radius 1 is 0.809 bits per heavy atom. The molecule has 3 heterocycles. The molecule has 0 spiro atoms. The van der Waals surface area contributed by atoms with Crippen molar-refractivity contribution in [1.29, 1.82) is 0 Å². The Morgan fingerprint density at radius 2 is 1.51 bits per heavy atom. The van der Waals surface area contributed by atoms with Crippen molar-refractivity contribution < 1.29 is 14.3 Å². The zero-order valence-corrected chi connectivity index (χ0v) is 27.7. The van der Waals surface area contributed by atoms with Crippen LogP contribution in [0.1, 0.15) is 37.0 Å². The minimum atomic E-state index is -0.195. The fourth-order valence-electron chi connectivity index (χ4n) is 6.22. The predicted molar refractivity (Wildman–Crippen MR) is 192 cm³/mol. The Labute approximate surface area is 285 Å². The smallest absolute Gasteiger partial charge is 0.258 e. The number of benzene rings is 4. The quantitative estimate of drug-likeness (QED) is 0.185. The second-order valence-electron chi connectivity index (χ2n) is 11.6. The number of hydrogen-bond acceptors (Lipinski definition) is 6. The van der Waals surface area contributed by atoms with Crippen molar-refractivity contribution in [3.8, 4) is 22.4 Å². The average Bonchev–Trinajstić information content (AvgIpc) is 3.45. The van der Waals surface area contributed by atoms with Gasteiger partial charge in [0.05, 0.1) is 29.6 Å². The van der Waals surface area contributed by atoms with Gasteiger partial charge in [0, 0.05) is 59.7 Å². The third-order valence-corrected chi connectivity index (χ3v) is 9.79. The molecule has 1 N–H and O–H groups in total. The van der Waals surface area contributed by atoms with Crippen molar-refractivity contribution >= 4 is 46.9 Å². The van der Waals surface area contributed by atoms with Crippen molar-refractivity contribution in [3.63, 3.8) is 0 Å². The van der Waals surface area contributed by atoms with E-state index >= 15 is 0 Å². The lowest BCUT2D eigenvalue weighted by molar-refractivity contribution is 0.0374. The molecule has 2 aliphatic rings. The summed E-state index contributed by atoms with van der Waals surface area (Å²) >= 11 is 1.78. The highest BCUT2D eigenvalue weighted by Gasteiger charge is 2.27. The summed E-state index contributed by atoms with van der Waals surface area (Å²) in [5.74, 6) is -0.264. The normalized spacial score (nSPS) is 14.3. The Hall–Kier alpha value is -4.34. The van der Waals surface area contributed by atoms with Gasteiger partial charge < -0.3 is 15.0 Å². The van der Waals surface area contributed by atoms with E-state index in [1.165, 1.54) is 4.88 Å². The van der Waals surface area contributed by atoms with Crippen molar-refractivity contribution in [3.05, 3.63) is 124 Å².